The molecule has 23 heavy (non-hydrogen) atoms. The van der Waals surface area contributed by atoms with Crippen molar-refractivity contribution < 1.29 is 4.42 Å². The van der Waals surface area contributed by atoms with E-state index in [-0.39, 0.29) is 5.41 Å². The predicted molar refractivity (Wildman–Crippen MR) is 93.4 cm³/mol. The number of hydrogen-bond donors (Lipinski definition) is 2. The first kappa shape index (κ1) is 17.1. The van der Waals surface area contributed by atoms with Crippen LogP contribution in [0.1, 0.15) is 43.5 Å². The third kappa shape index (κ3) is 5.13. The summed E-state index contributed by atoms with van der Waals surface area (Å²) in [6.07, 6.45) is 1.79. The lowest BCUT2D eigenvalue weighted by Gasteiger charge is -2.13. The summed E-state index contributed by atoms with van der Waals surface area (Å²) in [7, 11) is 1.75. The maximum absolute atomic E-state index is 5.77. The molecule has 124 valence electrons. The van der Waals surface area contributed by atoms with E-state index in [1.54, 1.807) is 13.2 Å². The summed E-state index contributed by atoms with van der Waals surface area (Å²) in [4.78, 5) is 8.53. The van der Waals surface area contributed by atoms with Gasteiger partial charge in [0.05, 0.1) is 12.7 Å². The van der Waals surface area contributed by atoms with Gasteiger partial charge in [-0.25, -0.2) is 4.98 Å². The zero-order valence-corrected chi connectivity index (χ0v) is 14.6. The minimum Gasteiger partial charge on any atom is -0.443 e. The second-order valence-electron chi connectivity index (χ2n) is 6.64. The molecule has 0 atom stereocenters. The van der Waals surface area contributed by atoms with Gasteiger partial charge in [-0.1, -0.05) is 50.6 Å². The molecular weight excluding hydrogens is 288 g/mol. The fraction of sp³-hybridized carbons (Fsp3) is 0.444. The Balaban J connectivity index is 1.87. The number of nitrogens with zero attached hydrogens (tertiary/aromatic N) is 2. The molecule has 0 bridgehead atoms. The van der Waals surface area contributed by atoms with Crippen molar-refractivity contribution in [3.05, 3.63) is 53.2 Å². The summed E-state index contributed by atoms with van der Waals surface area (Å²) in [5.41, 5.74) is 2.44. The van der Waals surface area contributed by atoms with Crippen molar-refractivity contribution in [1.82, 2.24) is 15.6 Å². The lowest BCUT2D eigenvalue weighted by atomic mass is 9.94. The molecule has 0 spiro atoms. The molecule has 1 aromatic heterocycles. The zero-order valence-electron chi connectivity index (χ0n) is 14.6. The molecule has 0 saturated heterocycles. The van der Waals surface area contributed by atoms with Gasteiger partial charge in [-0.05, 0) is 12.5 Å². The summed E-state index contributed by atoms with van der Waals surface area (Å²) in [5.74, 6) is 2.27. The Hall–Kier alpha value is -2.30. The maximum atomic E-state index is 5.77. The fourth-order valence-electron chi connectivity index (χ4n) is 2.13. The molecule has 0 aliphatic rings. The average molecular weight is 314 g/mol. The third-order valence-electron chi connectivity index (χ3n) is 3.47. The summed E-state index contributed by atoms with van der Waals surface area (Å²) < 4.78 is 5.77. The number of oxazole rings is 1. The van der Waals surface area contributed by atoms with Crippen LogP contribution in [0.15, 0.2) is 39.9 Å². The van der Waals surface area contributed by atoms with Crippen LogP contribution < -0.4 is 10.6 Å². The van der Waals surface area contributed by atoms with Crippen LogP contribution in [0.5, 0.6) is 0 Å². The van der Waals surface area contributed by atoms with Crippen LogP contribution in [-0.2, 0) is 18.5 Å². The van der Waals surface area contributed by atoms with Gasteiger partial charge in [0.15, 0.2) is 5.96 Å². The Bertz CT molecular complexity index is 668. The van der Waals surface area contributed by atoms with Crippen LogP contribution in [0, 0.1) is 6.92 Å². The number of benzene rings is 1. The van der Waals surface area contributed by atoms with Crippen LogP contribution in [0.3, 0.4) is 0 Å². The lowest BCUT2D eigenvalue weighted by Crippen LogP contribution is -2.36. The first-order valence-corrected chi connectivity index (χ1v) is 7.84. The zero-order chi connectivity index (χ0) is 16.9. The Kier molecular flexibility index (Phi) is 5.42. The summed E-state index contributed by atoms with van der Waals surface area (Å²) in [5, 5.41) is 6.51. The van der Waals surface area contributed by atoms with E-state index in [0.29, 0.717) is 12.4 Å². The molecule has 5 nitrogen and oxygen atoms in total. The average Bonchev–Trinajstić information content (AvgIpc) is 2.96. The Morgan fingerprint density at radius 1 is 1.22 bits per heavy atom. The highest BCUT2D eigenvalue weighted by atomic mass is 16.4. The van der Waals surface area contributed by atoms with E-state index in [9.17, 15) is 0 Å². The quantitative estimate of drug-likeness (QED) is 0.672. The second kappa shape index (κ2) is 7.31. The van der Waals surface area contributed by atoms with Crippen LogP contribution in [-0.4, -0.2) is 18.0 Å². The van der Waals surface area contributed by atoms with Crippen LogP contribution in [0.2, 0.25) is 0 Å². The Labute approximate surface area is 138 Å². The van der Waals surface area contributed by atoms with Gasteiger partial charge in [0, 0.05) is 19.0 Å². The maximum Gasteiger partial charge on any atom is 0.213 e. The van der Waals surface area contributed by atoms with E-state index < -0.39 is 0 Å². The molecule has 2 rings (SSSR count). The van der Waals surface area contributed by atoms with Gasteiger partial charge >= 0.3 is 0 Å². The second-order valence-corrected chi connectivity index (χ2v) is 6.64. The minimum absolute atomic E-state index is 0.0314. The first-order chi connectivity index (χ1) is 10.9. The molecule has 0 saturated carbocycles. The molecule has 0 radical (unpaired) electrons. The van der Waals surface area contributed by atoms with Crippen molar-refractivity contribution in [1.29, 1.82) is 0 Å². The highest BCUT2D eigenvalue weighted by molar-refractivity contribution is 5.79. The largest absolute Gasteiger partial charge is 0.443 e. The topological polar surface area (TPSA) is 62.5 Å². The predicted octanol–water partition coefficient (Wildman–Crippen LogP) is 3.15. The van der Waals surface area contributed by atoms with Gasteiger partial charge in [-0.2, -0.15) is 0 Å². The van der Waals surface area contributed by atoms with Gasteiger partial charge in [0.1, 0.15) is 5.76 Å². The van der Waals surface area contributed by atoms with E-state index in [0.717, 1.165) is 18.3 Å². The monoisotopic (exact) mass is 314 g/mol. The number of aromatic nitrogens is 1. The van der Waals surface area contributed by atoms with Crippen LogP contribution >= 0.6 is 0 Å². The van der Waals surface area contributed by atoms with E-state index in [2.05, 4.69) is 72.6 Å². The van der Waals surface area contributed by atoms with Gasteiger partial charge in [-0.3, -0.25) is 4.99 Å². The van der Waals surface area contributed by atoms with Gasteiger partial charge in [-0.15, -0.1) is 0 Å². The number of guanidine groups is 1. The minimum atomic E-state index is -0.0314. The first-order valence-electron chi connectivity index (χ1n) is 7.84. The standard InChI is InChI=1S/C18H26N4O/c1-13-7-6-8-14(9-13)10-21-17(19-5)22-12-16-20-11-15(23-16)18(2,3)4/h6-9,11H,10,12H2,1-5H3,(H2,19,21,22). The number of nitrogens with one attached hydrogen (secondary N) is 2. The number of aliphatic imine (C=N–C) groups is 1. The van der Waals surface area contributed by atoms with Crippen LogP contribution in [0.25, 0.3) is 0 Å². The van der Waals surface area contributed by atoms with E-state index in [1.807, 2.05) is 0 Å². The smallest absolute Gasteiger partial charge is 0.213 e. The lowest BCUT2D eigenvalue weighted by molar-refractivity contribution is 0.379. The van der Waals surface area contributed by atoms with Crippen LogP contribution in [0.4, 0.5) is 0 Å². The summed E-state index contributed by atoms with van der Waals surface area (Å²) in [6, 6.07) is 8.40. The molecule has 2 N–H and O–H groups in total. The van der Waals surface area contributed by atoms with Crippen molar-refractivity contribution in [3.63, 3.8) is 0 Å². The number of aryl methyl sites for hydroxylation is 1. The fourth-order valence-corrected chi connectivity index (χ4v) is 2.13. The van der Waals surface area contributed by atoms with E-state index >= 15 is 0 Å². The Morgan fingerprint density at radius 2 is 1.96 bits per heavy atom. The van der Waals surface area contributed by atoms with Crippen molar-refractivity contribution in [2.45, 2.75) is 46.2 Å². The molecule has 0 aliphatic heterocycles. The molecule has 0 fully saturated rings. The molecule has 0 aliphatic carbocycles. The SMILES string of the molecule is CN=C(NCc1cccc(C)c1)NCc1ncc(C(C)(C)C)o1. The highest BCUT2D eigenvalue weighted by Gasteiger charge is 2.19. The number of hydrogen-bond acceptors (Lipinski definition) is 3. The van der Waals surface area contributed by atoms with Crippen molar-refractivity contribution in [3.8, 4) is 0 Å². The molecule has 5 heteroatoms. The number of rotatable bonds is 4. The van der Waals surface area contributed by atoms with Crippen molar-refractivity contribution in [2.24, 2.45) is 4.99 Å². The van der Waals surface area contributed by atoms with Gasteiger partial charge in [0.25, 0.3) is 0 Å². The third-order valence-corrected chi connectivity index (χ3v) is 3.47. The van der Waals surface area contributed by atoms with Crippen molar-refractivity contribution >= 4 is 5.96 Å². The Morgan fingerprint density at radius 3 is 2.57 bits per heavy atom. The molecule has 0 unspecified atom stereocenters. The highest BCUT2D eigenvalue weighted by Crippen LogP contribution is 2.22. The van der Waals surface area contributed by atoms with E-state index in [4.69, 9.17) is 4.42 Å². The van der Waals surface area contributed by atoms with E-state index in [1.165, 1.54) is 11.1 Å². The summed E-state index contributed by atoms with van der Waals surface area (Å²) >= 11 is 0. The van der Waals surface area contributed by atoms with Crippen molar-refractivity contribution in [2.75, 3.05) is 7.05 Å². The molecule has 1 aromatic carbocycles. The van der Waals surface area contributed by atoms with Gasteiger partial charge in [0.2, 0.25) is 5.89 Å². The summed E-state index contributed by atoms with van der Waals surface area (Å²) in [6.45, 7) is 9.63. The molecule has 1 heterocycles. The molecule has 0 amide bonds. The normalized spacial score (nSPS) is 12.3. The molecule has 2 aromatic rings. The molecular formula is C18H26N4O. The van der Waals surface area contributed by atoms with Gasteiger partial charge < -0.3 is 15.1 Å².